The van der Waals surface area contributed by atoms with Gasteiger partial charge in [0.25, 0.3) is 5.91 Å². The van der Waals surface area contributed by atoms with Crippen LogP contribution in [0.2, 0.25) is 0 Å². The Morgan fingerprint density at radius 3 is 2.54 bits per heavy atom. The summed E-state index contributed by atoms with van der Waals surface area (Å²) in [5.41, 5.74) is 0.503. The number of aromatic nitrogens is 2. The molecule has 1 aliphatic heterocycles. The fourth-order valence-corrected chi connectivity index (χ4v) is 2.72. The maximum Gasteiger partial charge on any atom is 0.257 e. The van der Waals surface area contributed by atoms with Gasteiger partial charge in [0.05, 0.1) is 30.0 Å². The number of hydrogen-bond donors (Lipinski definition) is 1. The molecule has 1 saturated heterocycles. The Morgan fingerprint density at radius 1 is 1.33 bits per heavy atom. The van der Waals surface area contributed by atoms with Gasteiger partial charge in [0.1, 0.15) is 0 Å². The molecule has 1 atom stereocenters. The molecular weight excluding hydrogens is 308 g/mol. The number of piperazine rings is 1. The van der Waals surface area contributed by atoms with E-state index in [1.54, 1.807) is 6.20 Å². The Hall–Kier alpha value is -1.44. The van der Waals surface area contributed by atoms with Gasteiger partial charge in [-0.1, -0.05) is 0 Å². The molecule has 0 bridgehead atoms. The van der Waals surface area contributed by atoms with Crippen molar-refractivity contribution < 1.29 is 14.6 Å². The van der Waals surface area contributed by atoms with Gasteiger partial charge in [0, 0.05) is 45.5 Å². The molecule has 2 heterocycles. The third kappa shape index (κ3) is 5.03. The van der Waals surface area contributed by atoms with Crippen LogP contribution in [0.4, 0.5) is 0 Å². The Morgan fingerprint density at radius 2 is 2.00 bits per heavy atom. The lowest BCUT2D eigenvalue weighted by atomic mass is 10.1. The van der Waals surface area contributed by atoms with Crippen molar-refractivity contribution in [2.24, 2.45) is 0 Å². The van der Waals surface area contributed by atoms with Gasteiger partial charge in [0.15, 0.2) is 0 Å². The molecule has 1 aliphatic rings. The number of β-amino-alcohol motifs (C(OH)–C–C–N with tert-alkyl or cyclic N) is 1. The fourth-order valence-electron chi connectivity index (χ4n) is 2.72. The zero-order valence-corrected chi connectivity index (χ0v) is 15.2. The normalized spacial score (nSPS) is 18.0. The van der Waals surface area contributed by atoms with E-state index >= 15 is 0 Å². The number of hydrogen-bond acceptors (Lipinski definition) is 5. The Kier molecular flexibility index (Phi) is 6.37. The summed E-state index contributed by atoms with van der Waals surface area (Å²) in [5, 5.41) is 14.2. The summed E-state index contributed by atoms with van der Waals surface area (Å²) in [6.07, 6.45) is 2.99. The quantitative estimate of drug-likeness (QED) is 0.830. The highest BCUT2D eigenvalue weighted by Crippen LogP contribution is 2.15. The van der Waals surface area contributed by atoms with E-state index in [-0.39, 0.29) is 11.4 Å². The van der Waals surface area contributed by atoms with Crippen molar-refractivity contribution in [3.8, 4) is 0 Å². The number of aliphatic hydroxyl groups is 1. The van der Waals surface area contributed by atoms with E-state index in [1.165, 1.54) is 0 Å². The summed E-state index contributed by atoms with van der Waals surface area (Å²) in [5.74, 6) is 0.0278. The van der Waals surface area contributed by atoms with Crippen LogP contribution >= 0.6 is 0 Å². The van der Waals surface area contributed by atoms with Crippen molar-refractivity contribution in [2.45, 2.75) is 39.3 Å². The second-order valence-corrected chi connectivity index (χ2v) is 7.25. The van der Waals surface area contributed by atoms with Crippen molar-refractivity contribution in [3.63, 3.8) is 0 Å². The predicted molar refractivity (Wildman–Crippen MR) is 92.1 cm³/mol. The van der Waals surface area contributed by atoms with Crippen molar-refractivity contribution in [2.75, 3.05) is 45.9 Å². The minimum atomic E-state index is -0.475. The summed E-state index contributed by atoms with van der Waals surface area (Å²) in [6, 6.07) is 0. The van der Waals surface area contributed by atoms with E-state index in [2.05, 4.69) is 30.8 Å². The molecule has 1 aromatic heterocycles. The van der Waals surface area contributed by atoms with Gasteiger partial charge in [-0.2, -0.15) is 5.10 Å². The first kappa shape index (κ1) is 18.9. The number of ether oxygens (including phenoxy) is 1. The molecule has 7 heteroatoms. The van der Waals surface area contributed by atoms with E-state index in [9.17, 15) is 9.90 Å². The van der Waals surface area contributed by atoms with Crippen molar-refractivity contribution in [1.29, 1.82) is 0 Å². The van der Waals surface area contributed by atoms with Gasteiger partial charge in [-0.3, -0.25) is 14.4 Å². The molecule has 1 aromatic rings. The largest absolute Gasteiger partial charge is 0.389 e. The minimum Gasteiger partial charge on any atom is -0.389 e. The summed E-state index contributed by atoms with van der Waals surface area (Å²) in [6.45, 7) is 12.5. The summed E-state index contributed by atoms with van der Waals surface area (Å²) < 4.78 is 7.05. The zero-order chi connectivity index (χ0) is 17.7. The predicted octanol–water partition coefficient (Wildman–Crippen LogP) is 0.793. The molecule has 0 aromatic carbocycles. The van der Waals surface area contributed by atoms with Crippen LogP contribution in [0.25, 0.3) is 0 Å². The van der Waals surface area contributed by atoms with Crippen LogP contribution in [0.5, 0.6) is 0 Å². The molecule has 7 nitrogen and oxygen atoms in total. The average molecular weight is 338 g/mol. The highest BCUT2D eigenvalue weighted by molar-refractivity contribution is 5.93. The van der Waals surface area contributed by atoms with Crippen LogP contribution in [-0.2, 0) is 10.3 Å². The first-order valence-corrected chi connectivity index (χ1v) is 8.64. The molecule has 1 N–H and O–H groups in total. The molecule has 1 fully saturated rings. The number of aliphatic hydroxyl groups excluding tert-OH is 1. The maximum absolute atomic E-state index is 12.6. The molecule has 136 valence electrons. The molecule has 1 amide bonds. The highest BCUT2D eigenvalue weighted by Gasteiger charge is 2.25. The number of carbonyl (C=O) groups is 1. The van der Waals surface area contributed by atoms with Gasteiger partial charge < -0.3 is 14.7 Å². The van der Waals surface area contributed by atoms with Crippen molar-refractivity contribution in [3.05, 3.63) is 18.0 Å². The summed E-state index contributed by atoms with van der Waals surface area (Å²) in [7, 11) is 0. The van der Waals surface area contributed by atoms with E-state index in [1.807, 2.05) is 22.7 Å². The number of amides is 1. The second-order valence-electron chi connectivity index (χ2n) is 7.25. The van der Waals surface area contributed by atoms with E-state index < -0.39 is 6.10 Å². The lowest BCUT2D eigenvalue weighted by molar-refractivity contribution is 0.0111. The molecule has 0 saturated carbocycles. The number of rotatable bonds is 6. The van der Waals surface area contributed by atoms with Gasteiger partial charge in [-0.05, 0) is 27.7 Å². The van der Waals surface area contributed by atoms with Crippen LogP contribution in [-0.4, -0.2) is 82.6 Å². The minimum absolute atomic E-state index is 0.0278. The molecule has 24 heavy (non-hydrogen) atoms. The van der Waals surface area contributed by atoms with Crippen LogP contribution in [0.3, 0.4) is 0 Å². The smallest absolute Gasteiger partial charge is 0.257 e. The average Bonchev–Trinajstić information content (AvgIpc) is 3.03. The summed E-state index contributed by atoms with van der Waals surface area (Å²) >= 11 is 0. The molecule has 0 radical (unpaired) electrons. The monoisotopic (exact) mass is 338 g/mol. The maximum atomic E-state index is 12.6. The molecule has 0 spiro atoms. The lowest BCUT2D eigenvalue weighted by Crippen LogP contribution is -2.50. The Balaban J connectivity index is 1.83. The third-order valence-corrected chi connectivity index (χ3v) is 4.16. The highest BCUT2D eigenvalue weighted by atomic mass is 16.5. The summed E-state index contributed by atoms with van der Waals surface area (Å²) in [4.78, 5) is 16.6. The van der Waals surface area contributed by atoms with E-state index in [4.69, 9.17) is 4.74 Å². The van der Waals surface area contributed by atoms with E-state index in [0.717, 1.165) is 13.1 Å². The van der Waals surface area contributed by atoms with Crippen LogP contribution in [0.15, 0.2) is 12.4 Å². The van der Waals surface area contributed by atoms with Crippen molar-refractivity contribution >= 4 is 5.91 Å². The van der Waals surface area contributed by atoms with Gasteiger partial charge in [0.2, 0.25) is 0 Å². The standard InChI is InChI=1S/C17H30N4O3/c1-5-24-13-15(22)12-19-6-8-20(9-7-19)16(23)14-10-18-21(11-14)17(2,3)4/h10-11,15,22H,5-9,12-13H2,1-4H3/t15-/m1/s1. The van der Waals surface area contributed by atoms with Crippen LogP contribution in [0, 0.1) is 0 Å². The lowest BCUT2D eigenvalue weighted by Gasteiger charge is -2.35. The molecule has 2 rings (SSSR count). The van der Waals surface area contributed by atoms with Gasteiger partial charge in [-0.15, -0.1) is 0 Å². The number of nitrogens with zero attached hydrogens (tertiary/aromatic N) is 4. The zero-order valence-electron chi connectivity index (χ0n) is 15.2. The first-order valence-electron chi connectivity index (χ1n) is 8.64. The first-order chi connectivity index (χ1) is 11.3. The van der Waals surface area contributed by atoms with Gasteiger partial charge >= 0.3 is 0 Å². The third-order valence-electron chi connectivity index (χ3n) is 4.16. The van der Waals surface area contributed by atoms with Crippen LogP contribution < -0.4 is 0 Å². The second kappa shape index (κ2) is 8.09. The fraction of sp³-hybridized carbons (Fsp3) is 0.765. The van der Waals surface area contributed by atoms with Crippen LogP contribution in [0.1, 0.15) is 38.1 Å². The van der Waals surface area contributed by atoms with Gasteiger partial charge in [-0.25, -0.2) is 0 Å². The number of carbonyl (C=O) groups excluding carboxylic acids is 1. The molecular formula is C17H30N4O3. The Labute approximate surface area is 144 Å². The SMILES string of the molecule is CCOC[C@H](O)CN1CCN(C(=O)c2cnn(C(C)(C)C)c2)CC1. The molecule has 0 aliphatic carbocycles. The van der Waals surface area contributed by atoms with Crippen molar-refractivity contribution in [1.82, 2.24) is 19.6 Å². The molecule has 0 unspecified atom stereocenters. The Bertz CT molecular complexity index is 530. The van der Waals surface area contributed by atoms with E-state index in [0.29, 0.717) is 38.4 Å². The topological polar surface area (TPSA) is 70.8 Å².